The molecule has 0 spiro atoms. The van der Waals surface area contributed by atoms with Gasteiger partial charge in [0.1, 0.15) is 10.8 Å². The maximum Gasteiger partial charge on any atom is 0.114 e. The second-order valence-electron chi connectivity index (χ2n) is 7.79. The van der Waals surface area contributed by atoms with Crippen molar-refractivity contribution in [2.24, 2.45) is 0 Å². The van der Waals surface area contributed by atoms with Gasteiger partial charge in [0.05, 0.1) is 24.5 Å². The second-order valence-corrected chi connectivity index (χ2v) is 11.8. The Bertz CT molecular complexity index is 625. The molecule has 0 aromatic heterocycles. The van der Waals surface area contributed by atoms with Crippen LogP contribution in [-0.4, -0.2) is 22.5 Å². The van der Waals surface area contributed by atoms with Crippen molar-refractivity contribution in [3.05, 3.63) is 60.7 Å². The molecule has 1 aliphatic carbocycles. The summed E-state index contributed by atoms with van der Waals surface area (Å²) in [5.74, 6) is 0. The summed E-state index contributed by atoms with van der Waals surface area (Å²) in [6.45, 7) is 6.88. The summed E-state index contributed by atoms with van der Waals surface area (Å²) in [6.07, 6.45) is 5.57. The van der Waals surface area contributed by atoms with Crippen molar-refractivity contribution in [1.82, 2.24) is 0 Å². The molecule has 2 aromatic rings. The van der Waals surface area contributed by atoms with Crippen LogP contribution in [0.2, 0.25) is 0 Å². The molecule has 1 fully saturated rings. The van der Waals surface area contributed by atoms with Crippen LogP contribution in [0.1, 0.15) is 46.0 Å². The molecule has 0 unspecified atom stereocenters. The highest BCUT2D eigenvalue weighted by Crippen LogP contribution is 2.70. The fraction of sp³-hybridized carbons (Fsp3) is 0.455. The summed E-state index contributed by atoms with van der Waals surface area (Å²) < 4.78 is 0. The molecule has 0 heterocycles. The van der Waals surface area contributed by atoms with Gasteiger partial charge in [0.15, 0.2) is 0 Å². The molecule has 0 saturated heterocycles. The second kappa shape index (κ2) is 6.62. The maximum absolute atomic E-state index is 11.6. The molecule has 0 aliphatic heterocycles. The van der Waals surface area contributed by atoms with E-state index in [0.717, 1.165) is 19.3 Å². The molecule has 0 bridgehead atoms. The van der Waals surface area contributed by atoms with E-state index in [9.17, 15) is 5.11 Å². The Morgan fingerprint density at radius 1 is 0.750 bits per heavy atom. The first-order valence-electron chi connectivity index (χ1n) is 9.12. The van der Waals surface area contributed by atoms with E-state index in [4.69, 9.17) is 0 Å². The number of benzene rings is 2. The molecule has 1 N–H and O–H groups in total. The van der Waals surface area contributed by atoms with Gasteiger partial charge in [-0.25, -0.2) is 0 Å². The first-order chi connectivity index (χ1) is 11.4. The summed E-state index contributed by atoms with van der Waals surface area (Å²) in [7, 11) is -1.76. The molecule has 128 valence electrons. The van der Waals surface area contributed by atoms with E-state index >= 15 is 0 Å². The molecule has 1 nitrogen and oxygen atoms in total. The van der Waals surface area contributed by atoms with Crippen LogP contribution in [0.5, 0.6) is 0 Å². The third-order valence-electron chi connectivity index (χ3n) is 6.52. The van der Waals surface area contributed by atoms with Crippen molar-refractivity contribution >= 4 is 17.9 Å². The van der Waals surface area contributed by atoms with Crippen molar-refractivity contribution < 1.29 is 5.11 Å². The van der Waals surface area contributed by atoms with E-state index in [2.05, 4.69) is 81.2 Å². The first-order valence-corrected chi connectivity index (χ1v) is 11.4. The van der Waals surface area contributed by atoms with Gasteiger partial charge >= 0.3 is 0 Å². The van der Waals surface area contributed by atoms with Crippen molar-refractivity contribution in [3.63, 3.8) is 0 Å². The summed E-state index contributed by atoms with van der Waals surface area (Å²) >= 11 is 0. The van der Waals surface area contributed by atoms with Gasteiger partial charge in [0.2, 0.25) is 0 Å². The normalized spacial score (nSPS) is 28.3. The number of aliphatic hydroxyl groups is 1. The van der Waals surface area contributed by atoms with Gasteiger partial charge in [-0.3, -0.25) is 0 Å². The minimum absolute atomic E-state index is 0.112. The lowest BCUT2D eigenvalue weighted by atomic mass is 9.85. The highest BCUT2D eigenvalue weighted by atomic mass is 31.2. The molecule has 24 heavy (non-hydrogen) atoms. The number of hydrogen-bond donors (Lipinski definition) is 1. The fourth-order valence-electron chi connectivity index (χ4n) is 4.53. The van der Waals surface area contributed by atoms with Gasteiger partial charge in [-0.15, -0.1) is 0 Å². The van der Waals surface area contributed by atoms with Crippen LogP contribution >= 0.6 is 7.26 Å². The van der Waals surface area contributed by atoms with Gasteiger partial charge in [-0.2, -0.15) is 0 Å². The summed E-state index contributed by atoms with van der Waals surface area (Å²) in [5, 5.41) is 14.3. The zero-order valence-electron chi connectivity index (χ0n) is 15.2. The molecule has 0 radical (unpaired) electrons. The third-order valence-corrected chi connectivity index (χ3v) is 11.9. The molecule has 2 heteroatoms. The van der Waals surface area contributed by atoms with Crippen LogP contribution in [0.15, 0.2) is 60.7 Å². The Labute approximate surface area is 147 Å². The molecule has 2 aromatic carbocycles. The molecule has 0 amide bonds. The van der Waals surface area contributed by atoms with Crippen LogP contribution in [0.3, 0.4) is 0 Å². The molecule has 1 aliphatic rings. The van der Waals surface area contributed by atoms with Gasteiger partial charge in [0, 0.05) is 0 Å². The minimum Gasteiger partial charge on any atom is -0.386 e. The first kappa shape index (κ1) is 17.6. The molecule has 1 saturated carbocycles. The third kappa shape index (κ3) is 2.72. The minimum atomic E-state index is -1.76. The summed E-state index contributed by atoms with van der Waals surface area (Å²) in [6, 6.07) is 21.8. The Morgan fingerprint density at radius 2 is 1.21 bits per heavy atom. The van der Waals surface area contributed by atoms with Crippen LogP contribution in [0, 0.1) is 0 Å². The summed E-state index contributed by atoms with van der Waals surface area (Å²) in [4.78, 5) is 0. The molecule has 3 rings (SSSR count). The molecular weight excluding hydrogens is 311 g/mol. The fourth-order valence-corrected chi connectivity index (χ4v) is 9.19. The lowest BCUT2D eigenvalue weighted by Gasteiger charge is -2.48. The van der Waals surface area contributed by atoms with E-state index in [0.29, 0.717) is 0 Å². The topological polar surface area (TPSA) is 20.2 Å². The molecular formula is C22H30OP+. The zero-order valence-corrected chi connectivity index (χ0v) is 16.1. The van der Waals surface area contributed by atoms with Gasteiger partial charge in [0.25, 0.3) is 0 Å². The van der Waals surface area contributed by atoms with Gasteiger partial charge < -0.3 is 5.11 Å². The highest BCUT2D eigenvalue weighted by molar-refractivity contribution is 7.90. The number of hydrogen-bond acceptors (Lipinski definition) is 1. The van der Waals surface area contributed by atoms with E-state index in [1.54, 1.807) is 0 Å². The SMILES string of the molecule is C[C@]1(O)CCCCC[C@]1(C)[P+](C)(c1ccccc1)c1ccccc1. The summed E-state index contributed by atoms with van der Waals surface area (Å²) in [5.41, 5.74) is -0.641. The van der Waals surface area contributed by atoms with E-state index in [1.807, 2.05) is 0 Å². The standard InChI is InChI=1S/C22H30OP/c1-21(23)17-11-6-12-18-22(21,2)24(3,19-13-7-4-8-14-19)20-15-9-5-10-16-20/h4-5,7-10,13-16,23H,6,11-12,17-18H2,1-3H3/q+1/t21-,22-/m0/s1. The Morgan fingerprint density at radius 3 is 1.71 bits per heavy atom. The van der Waals surface area contributed by atoms with E-state index < -0.39 is 12.9 Å². The van der Waals surface area contributed by atoms with E-state index in [1.165, 1.54) is 23.5 Å². The van der Waals surface area contributed by atoms with Crippen molar-refractivity contribution in [1.29, 1.82) is 0 Å². The lowest BCUT2D eigenvalue weighted by Crippen LogP contribution is -2.54. The molecule has 2 atom stereocenters. The largest absolute Gasteiger partial charge is 0.386 e. The van der Waals surface area contributed by atoms with Crippen LogP contribution < -0.4 is 10.6 Å². The van der Waals surface area contributed by atoms with Crippen LogP contribution in [-0.2, 0) is 0 Å². The monoisotopic (exact) mass is 341 g/mol. The van der Waals surface area contributed by atoms with Crippen LogP contribution in [0.4, 0.5) is 0 Å². The van der Waals surface area contributed by atoms with Crippen molar-refractivity contribution in [2.45, 2.75) is 56.7 Å². The maximum atomic E-state index is 11.6. The van der Waals surface area contributed by atoms with Gasteiger partial charge in [-0.1, -0.05) is 49.2 Å². The van der Waals surface area contributed by atoms with Gasteiger partial charge in [-0.05, 0) is 57.4 Å². The predicted octanol–water partition coefficient (Wildman–Crippen LogP) is 4.76. The zero-order chi connectivity index (χ0) is 17.3. The van der Waals surface area contributed by atoms with E-state index in [-0.39, 0.29) is 5.16 Å². The Hall–Kier alpha value is -1.17. The van der Waals surface area contributed by atoms with Crippen molar-refractivity contribution in [3.8, 4) is 0 Å². The number of rotatable bonds is 3. The Kier molecular flexibility index (Phi) is 4.87. The predicted molar refractivity (Wildman–Crippen MR) is 107 cm³/mol. The smallest absolute Gasteiger partial charge is 0.114 e. The van der Waals surface area contributed by atoms with Crippen LogP contribution in [0.25, 0.3) is 0 Å². The average Bonchev–Trinajstić information content (AvgIpc) is 2.75. The highest BCUT2D eigenvalue weighted by Gasteiger charge is 2.63. The lowest BCUT2D eigenvalue weighted by molar-refractivity contribution is 0.0147. The Balaban J connectivity index is 2.25. The average molecular weight is 341 g/mol. The van der Waals surface area contributed by atoms with Crippen molar-refractivity contribution in [2.75, 3.05) is 6.66 Å². The quantitative estimate of drug-likeness (QED) is 0.630.